The smallest absolute Gasteiger partial charge is 0.406 e. The largest absolute Gasteiger partial charge is 0.573 e. The first kappa shape index (κ1) is 17.7. The maximum absolute atomic E-state index is 12.5. The first-order chi connectivity index (χ1) is 11.3. The first-order valence-electron chi connectivity index (χ1n) is 7.45. The number of nitrogen functional groups attached to an aromatic ring is 1. The van der Waals surface area contributed by atoms with E-state index in [1.54, 1.807) is 13.0 Å². The van der Waals surface area contributed by atoms with E-state index in [9.17, 15) is 13.2 Å². The predicted molar refractivity (Wildman–Crippen MR) is 88.7 cm³/mol. The Bertz CT molecular complexity index is 772. The molecule has 24 heavy (non-hydrogen) atoms. The van der Waals surface area contributed by atoms with Gasteiger partial charge in [0.05, 0.1) is 0 Å². The summed E-state index contributed by atoms with van der Waals surface area (Å²) >= 11 is 0. The van der Waals surface area contributed by atoms with Gasteiger partial charge in [0.1, 0.15) is 5.75 Å². The number of hydrogen-bond acceptors (Lipinski definition) is 2. The zero-order valence-electron chi connectivity index (χ0n) is 13.4. The van der Waals surface area contributed by atoms with Crippen LogP contribution in [0.15, 0.2) is 42.5 Å². The van der Waals surface area contributed by atoms with Gasteiger partial charge >= 0.3 is 6.36 Å². The SMILES string of the molecule is CC#Cc1cc(CC(C)c2ccccc2N)cc(OC(F)(F)F)c1. The highest BCUT2D eigenvalue weighted by Crippen LogP contribution is 2.29. The van der Waals surface area contributed by atoms with E-state index >= 15 is 0 Å². The van der Waals surface area contributed by atoms with Crippen LogP contribution in [0.1, 0.15) is 36.5 Å². The number of para-hydroxylation sites is 1. The van der Waals surface area contributed by atoms with Crippen molar-refractivity contribution >= 4 is 5.69 Å². The fourth-order valence-electron chi connectivity index (χ4n) is 2.61. The summed E-state index contributed by atoms with van der Waals surface area (Å²) in [6.07, 6.45) is -4.20. The van der Waals surface area contributed by atoms with Gasteiger partial charge in [0.25, 0.3) is 0 Å². The quantitative estimate of drug-likeness (QED) is 0.639. The molecule has 0 aliphatic rings. The van der Waals surface area contributed by atoms with Crippen LogP contribution in [0.2, 0.25) is 0 Å². The number of alkyl halides is 3. The summed E-state index contributed by atoms with van der Waals surface area (Å²) in [6.45, 7) is 3.61. The third kappa shape index (κ3) is 4.95. The molecule has 0 aliphatic carbocycles. The molecule has 1 atom stereocenters. The molecule has 0 aliphatic heterocycles. The van der Waals surface area contributed by atoms with E-state index in [1.807, 2.05) is 31.2 Å². The summed E-state index contributed by atoms with van der Waals surface area (Å²) in [5.41, 5.74) is 8.80. The van der Waals surface area contributed by atoms with Crippen molar-refractivity contribution in [2.75, 3.05) is 5.73 Å². The van der Waals surface area contributed by atoms with Crippen molar-refractivity contribution in [3.05, 3.63) is 59.2 Å². The maximum Gasteiger partial charge on any atom is 0.573 e. The Morgan fingerprint density at radius 1 is 1.17 bits per heavy atom. The van der Waals surface area contributed by atoms with Crippen LogP contribution in [0, 0.1) is 11.8 Å². The van der Waals surface area contributed by atoms with Gasteiger partial charge in [-0.3, -0.25) is 0 Å². The average molecular weight is 333 g/mol. The maximum atomic E-state index is 12.5. The number of rotatable bonds is 4. The third-order valence-corrected chi connectivity index (χ3v) is 3.54. The molecular formula is C19H18F3NO. The zero-order valence-corrected chi connectivity index (χ0v) is 13.4. The molecule has 0 heterocycles. The highest BCUT2D eigenvalue weighted by molar-refractivity contribution is 5.49. The molecule has 1 unspecified atom stereocenters. The van der Waals surface area contributed by atoms with E-state index < -0.39 is 6.36 Å². The highest BCUT2D eigenvalue weighted by Gasteiger charge is 2.31. The fourth-order valence-corrected chi connectivity index (χ4v) is 2.61. The van der Waals surface area contributed by atoms with Crippen LogP contribution < -0.4 is 10.5 Å². The van der Waals surface area contributed by atoms with E-state index in [2.05, 4.69) is 16.6 Å². The van der Waals surface area contributed by atoms with Gasteiger partial charge in [-0.15, -0.1) is 19.1 Å². The molecule has 2 N–H and O–H groups in total. The Balaban J connectivity index is 2.31. The summed E-state index contributed by atoms with van der Waals surface area (Å²) in [6, 6.07) is 11.9. The van der Waals surface area contributed by atoms with E-state index in [4.69, 9.17) is 5.73 Å². The fraction of sp³-hybridized carbons (Fsp3) is 0.263. The molecular weight excluding hydrogens is 315 g/mol. The normalized spacial score (nSPS) is 12.2. The summed E-state index contributed by atoms with van der Waals surface area (Å²) < 4.78 is 41.5. The van der Waals surface area contributed by atoms with Crippen LogP contribution in [0.3, 0.4) is 0 Å². The van der Waals surface area contributed by atoms with Gasteiger partial charge in [-0.05, 0) is 54.7 Å². The summed E-state index contributed by atoms with van der Waals surface area (Å²) in [4.78, 5) is 0. The molecule has 0 bridgehead atoms. The van der Waals surface area contributed by atoms with Gasteiger partial charge < -0.3 is 10.5 Å². The Morgan fingerprint density at radius 2 is 1.88 bits per heavy atom. The topological polar surface area (TPSA) is 35.2 Å². The van der Waals surface area contributed by atoms with E-state index in [1.165, 1.54) is 12.1 Å². The van der Waals surface area contributed by atoms with Crippen molar-refractivity contribution < 1.29 is 17.9 Å². The standard InChI is InChI=1S/C19H18F3NO/c1-3-6-14-10-15(12-16(11-14)24-19(20,21)22)9-13(2)17-7-4-5-8-18(17)23/h4-5,7-8,10-13H,9,23H2,1-2H3. The van der Waals surface area contributed by atoms with Crippen molar-refractivity contribution in [1.82, 2.24) is 0 Å². The number of anilines is 1. The molecule has 0 fully saturated rings. The number of halogens is 3. The van der Waals surface area contributed by atoms with Gasteiger partial charge in [0.15, 0.2) is 0 Å². The van der Waals surface area contributed by atoms with Crippen LogP contribution in [0.25, 0.3) is 0 Å². The van der Waals surface area contributed by atoms with Crippen LogP contribution >= 0.6 is 0 Å². The number of ether oxygens (including phenoxy) is 1. The van der Waals surface area contributed by atoms with Crippen LogP contribution in [0.4, 0.5) is 18.9 Å². The number of hydrogen-bond donors (Lipinski definition) is 1. The minimum Gasteiger partial charge on any atom is -0.406 e. The average Bonchev–Trinajstić information content (AvgIpc) is 2.45. The zero-order chi connectivity index (χ0) is 17.7. The van der Waals surface area contributed by atoms with Gasteiger partial charge in [-0.2, -0.15) is 0 Å². The lowest BCUT2D eigenvalue weighted by Crippen LogP contribution is -2.17. The monoisotopic (exact) mass is 333 g/mol. The summed E-state index contributed by atoms with van der Waals surface area (Å²) in [5, 5.41) is 0. The lowest BCUT2D eigenvalue weighted by Gasteiger charge is -2.16. The molecule has 0 amide bonds. The molecule has 0 aromatic heterocycles. The van der Waals surface area contributed by atoms with Gasteiger partial charge in [0.2, 0.25) is 0 Å². The Morgan fingerprint density at radius 3 is 2.50 bits per heavy atom. The van der Waals surface area contributed by atoms with Crippen LogP contribution in [-0.2, 0) is 6.42 Å². The molecule has 2 rings (SSSR count). The van der Waals surface area contributed by atoms with Crippen molar-refractivity contribution in [3.63, 3.8) is 0 Å². The summed E-state index contributed by atoms with van der Waals surface area (Å²) in [7, 11) is 0. The molecule has 2 aromatic rings. The highest BCUT2D eigenvalue weighted by atomic mass is 19.4. The molecule has 0 saturated heterocycles. The van der Waals surface area contributed by atoms with E-state index in [0.717, 1.165) is 5.56 Å². The van der Waals surface area contributed by atoms with Crippen LogP contribution in [-0.4, -0.2) is 6.36 Å². The van der Waals surface area contributed by atoms with Crippen molar-refractivity contribution in [3.8, 4) is 17.6 Å². The molecule has 0 spiro atoms. The number of nitrogens with two attached hydrogens (primary N) is 1. The molecule has 0 radical (unpaired) electrons. The van der Waals surface area contributed by atoms with Gasteiger partial charge in [-0.25, -0.2) is 0 Å². The number of benzene rings is 2. The molecule has 126 valence electrons. The minimum atomic E-state index is -4.73. The van der Waals surface area contributed by atoms with Crippen LogP contribution in [0.5, 0.6) is 5.75 Å². The lowest BCUT2D eigenvalue weighted by atomic mass is 9.92. The molecule has 2 nitrogen and oxygen atoms in total. The Kier molecular flexibility index (Phi) is 5.40. The lowest BCUT2D eigenvalue weighted by molar-refractivity contribution is -0.274. The van der Waals surface area contributed by atoms with Crippen molar-refractivity contribution in [1.29, 1.82) is 0 Å². The molecule has 0 saturated carbocycles. The second kappa shape index (κ2) is 7.31. The summed E-state index contributed by atoms with van der Waals surface area (Å²) in [5.74, 6) is 5.26. The Hall–Kier alpha value is -2.61. The van der Waals surface area contributed by atoms with Crippen molar-refractivity contribution in [2.24, 2.45) is 0 Å². The molecule has 2 aromatic carbocycles. The minimum absolute atomic E-state index is 0.0507. The second-order valence-corrected chi connectivity index (χ2v) is 5.52. The van der Waals surface area contributed by atoms with E-state index in [0.29, 0.717) is 23.2 Å². The van der Waals surface area contributed by atoms with Gasteiger partial charge in [0, 0.05) is 11.3 Å². The Labute approximate surface area is 139 Å². The first-order valence-corrected chi connectivity index (χ1v) is 7.45. The second-order valence-electron chi connectivity index (χ2n) is 5.52. The third-order valence-electron chi connectivity index (χ3n) is 3.54. The van der Waals surface area contributed by atoms with Crippen molar-refractivity contribution in [2.45, 2.75) is 32.5 Å². The molecule has 5 heteroatoms. The predicted octanol–water partition coefficient (Wildman–Crippen LogP) is 4.89. The van der Waals surface area contributed by atoms with E-state index in [-0.39, 0.29) is 11.7 Å². The van der Waals surface area contributed by atoms with Gasteiger partial charge in [-0.1, -0.05) is 31.0 Å².